The molecule has 0 spiro atoms. The average Bonchev–Trinajstić information content (AvgIpc) is 3.03. The molecule has 3 aromatic rings. The summed E-state index contributed by atoms with van der Waals surface area (Å²) in [7, 11) is -1.19. The minimum atomic E-state index is -4.12. The number of fused-ring (bicyclic) bond motifs is 1. The van der Waals surface area contributed by atoms with Gasteiger partial charge in [-0.1, -0.05) is 6.07 Å². The van der Waals surface area contributed by atoms with Crippen molar-refractivity contribution < 1.29 is 27.8 Å². The lowest BCUT2D eigenvalue weighted by Gasteiger charge is -2.34. The van der Waals surface area contributed by atoms with Gasteiger partial charge in [-0.05, 0) is 68.5 Å². The predicted octanol–water partition coefficient (Wildman–Crippen LogP) is 2.78. The molecule has 13 nitrogen and oxygen atoms in total. The van der Waals surface area contributed by atoms with Crippen LogP contribution in [0.15, 0.2) is 41.3 Å². The molecule has 0 aliphatic carbocycles. The number of aromatic nitrogens is 3. The molecule has 1 atom stereocenters. The Hall–Kier alpha value is -4.17. The second kappa shape index (κ2) is 13.0. The molecule has 0 saturated carbocycles. The zero-order chi connectivity index (χ0) is 30.6. The third-order valence-electron chi connectivity index (χ3n) is 7.85. The van der Waals surface area contributed by atoms with Crippen molar-refractivity contribution in [3.8, 4) is 11.8 Å². The summed E-state index contributed by atoms with van der Waals surface area (Å²) in [6.45, 7) is 4.03. The number of hydrogen-bond acceptors (Lipinski definition) is 11. The number of carboxylic acid groups (broad SMARTS) is 1. The van der Waals surface area contributed by atoms with Gasteiger partial charge in [0.15, 0.2) is 0 Å². The molecule has 1 aromatic carbocycles. The van der Waals surface area contributed by atoms with Crippen molar-refractivity contribution in [2.75, 3.05) is 55.9 Å². The minimum absolute atomic E-state index is 0.0769. The fourth-order valence-electron chi connectivity index (χ4n) is 5.40. The normalized spacial score (nSPS) is 16.1. The van der Waals surface area contributed by atoms with Crippen LogP contribution in [0, 0.1) is 6.92 Å². The van der Waals surface area contributed by atoms with Crippen LogP contribution >= 0.6 is 0 Å². The summed E-state index contributed by atoms with van der Waals surface area (Å²) >= 11 is 0. The molecule has 1 unspecified atom stereocenters. The Labute approximate surface area is 251 Å². The van der Waals surface area contributed by atoms with Crippen LogP contribution in [0.2, 0.25) is 0 Å². The molecule has 5 rings (SSSR count). The zero-order valence-corrected chi connectivity index (χ0v) is 25.3. The van der Waals surface area contributed by atoms with Crippen LogP contribution in [0.4, 0.5) is 17.5 Å². The molecule has 0 bridgehead atoms. The predicted molar refractivity (Wildman–Crippen MR) is 162 cm³/mol. The number of anilines is 3. The van der Waals surface area contributed by atoms with E-state index in [-0.39, 0.29) is 17.5 Å². The fourth-order valence-corrected chi connectivity index (χ4v) is 6.59. The molecular formula is C29H37N7O6S. The fraction of sp³-hybridized carbons (Fsp3) is 0.448. The maximum Gasteiger partial charge on any atom is 0.323 e. The number of methoxy groups -OCH3 is 2. The number of aryl methyl sites for hydroxylation is 1. The topological polar surface area (TPSA) is 168 Å². The van der Waals surface area contributed by atoms with E-state index in [0.29, 0.717) is 28.9 Å². The highest BCUT2D eigenvalue weighted by Gasteiger charge is 2.28. The van der Waals surface area contributed by atoms with Gasteiger partial charge in [-0.2, -0.15) is 14.7 Å². The van der Waals surface area contributed by atoms with Crippen molar-refractivity contribution in [1.29, 1.82) is 0 Å². The van der Waals surface area contributed by atoms with Crippen molar-refractivity contribution in [3.63, 3.8) is 0 Å². The first-order chi connectivity index (χ1) is 20.7. The highest BCUT2D eigenvalue weighted by molar-refractivity contribution is 7.89. The summed E-state index contributed by atoms with van der Waals surface area (Å²) in [5.41, 5.74) is 3.08. The van der Waals surface area contributed by atoms with E-state index in [1.54, 1.807) is 0 Å². The summed E-state index contributed by atoms with van der Waals surface area (Å²) < 4.78 is 38.4. The van der Waals surface area contributed by atoms with Crippen molar-refractivity contribution in [3.05, 3.63) is 53.2 Å². The molecule has 4 heterocycles. The van der Waals surface area contributed by atoms with Gasteiger partial charge in [0, 0.05) is 43.4 Å². The Bertz CT molecular complexity index is 1560. The van der Waals surface area contributed by atoms with Crippen molar-refractivity contribution >= 4 is 33.4 Å². The molecule has 0 radical (unpaired) electrons. The standard InChI is InChI=1S/C29H37N7O6S/c1-18-25(31-17-24(28(37)38)35-43(39,40)22-9-7-21(41-2)8-10-22)33-29(42-3)34-27(18)36-15-12-19(13-16-36)23-11-6-20-5-4-14-30-26(20)32-23/h6-11,19,24,35H,4-5,12-17H2,1-3H3,(H,30,32)(H,37,38)(H,31,33,34). The van der Waals surface area contributed by atoms with Crippen LogP contribution < -0.4 is 29.7 Å². The van der Waals surface area contributed by atoms with E-state index >= 15 is 0 Å². The van der Waals surface area contributed by atoms with Crippen LogP contribution in [-0.4, -0.2) is 80.9 Å². The number of pyridine rings is 1. The molecule has 2 aliphatic rings. The number of benzene rings is 1. The average molecular weight is 612 g/mol. The summed E-state index contributed by atoms with van der Waals surface area (Å²) in [6, 6.07) is 8.67. The van der Waals surface area contributed by atoms with E-state index < -0.39 is 22.0 Å². The van der Waals surface area contributed by atoms with Gasteiger partial charge in [0.2, 0.25) is 10.0 Å². The maximum absolute atomic E-state index is 12.9. The third-order valence-corrected chi connectivity index (χ3v) is 9.34. The second-order valence-corrected chi connectivity index (χ2v) is 12.3. The SMILES string of the molecule is COc1ccc(S(=O)(=O)NC(CNc2nc(OC)nc(N3CCC(c4ccc5c(n4)NCCC5)CC3)c2C)C(=O)O)cc1. The lowest BCUT2D eigenvalue weighted by Crippen LogP contribution is -2.45. The number of hydrogen-bond donors (Lipinski definition) is 4. The van der Waals surface area contributed by atoms with Crippen LogP contribution in [0.1, 0.15) is 42.0 Å². The number of nitrogens with zero attached hydrogens (tertiary/aromatic N) is 4. The zero-order valence-electron chi connectivity index (χ0n) is 24.5. The van der Waals surface area contributed by atoms with E-state index in [2.05, 4.69) is 42.4 Å². The monoisotopic (exact) mass is 611 g/mol. The van der Waals surface area contributed by atoms with Crippen LogP contribution in [0.25, 0.3) is 0 Å². The molecule has 2 aromatic heterocycles. The maximum atomic E-state index is 12.9. The van der Waals surface area contributed by atoms with E-state index in [1.165, 1.54) is 44.0 Å². The number of carboxylic acids is 1. The van der Waals surface area contributed by atoms with E-state index in [9.17, 15) is 18.3 Å². The third kappa shape index (κ3) is 6.91. The van der Waals surface area contributed by atoms with Gasteiger partial charge in [0.1, 0.15) is 29.2 Å². The molecule has 43 heavy (non-hydrogen) atoms. The molecule has 14 heteroatoms. The lowest BCUT2D eigenvalue weighted by molar-refractivity contribution is -0.138. The minimum Gasteiger partial charge on any atom is -0.497 e. The Kier molecular flexibility index (Phi) is 9.16. The number of rotatable bonds is 11. The van der Waals surface area contributed by atoms with Crippen LogP contribution in [0.5, 0.6) is 11.8 Å². The van der Waals surface area contributed by atoms with Gasteiger partial charge in [-0.3, -0.25) is 4.79 Å². The quantitative estimate of drug-likeness (QED) is 0.251. The Morgan fingerprint density at radius 3 is 2.51 bits per heavy atom. The number of sulfonamides is 1. The van der Waals surface area contributed by atoms with Gasteiger partial charge in [-0.15, -0.1) is 0 Å². The number of ether oxygens (including phenoxy) is 2. The second-order valence-electron chi connectivity index (χ2n) is 10.6. The summed E-state index contributed by atoms with van der Waals surface area (Å²) in [5, 5.41) is 16.2. The first-order valence-electron chi connectivity index (χ1n) is 14.2. The van der Waals surface area contributed by atoms with Gasteiger partial charge >= 0.3 is 12.0 Å². The molecule has 2 aliphatic heterocycles. The molecule has 0 amide bonds. The molecule has 1 saturated heterocycles. The molecule has 4 N–H and O–H groups in total. The summed E-state index contributed by atoms with van der Waals surface area (Å²) in [4.78, 5) is 28.0. The van der Waals surface area contributed by atoms with Gasteiger partial charge in [-0.25, -0.2) is 13.4 Å². The van der Waals surface area contributed by atoms with Crippen LogP contribution in [0.3, 0.4) is 0 Å². The molecular weight excluding hydrogens is 574 g/mol. The highest BCUT2D eigenvalue weighted by atomic mass is 32.2. The Morgan fingerprint density at radius 1 is 1.09 bits per heavy atom. The first kappa shape index (κ1) is 30.3. The van der Waals surface area contributed by atoms with Gasteiger partial charge in [0.25, 0.3) is 0 Å². The number of aliphatic carboxylic acids is 1. The molecule has 230 valence electrons. The summed E-state index contributed by atoms with van der Waals surface area (Å²) in [6.07, 6.45) is 3.98. The largest absolute Gasteiger partial charge is 0.497 e. The van der Waals surface area contributed by atoms with E-state index in [1.807, 2.05) is 6.92 Å². The highest BCUT2D eigenvalue weighted by Crippen LogP contribution is 2.34. The Balaban J connectivity index is 1.27. The van der Waals surface area contributed by atoms with E-state index in [0.717, 1.165) is 56.8 Å². The van der Waals surface area contributed by atoms with Crippen LogP contribution in [-0.2, 0) is 21.2 Å². The number of piperidine rings is 1. The first-order valence-corrected chi connectivity index (χ1v) is 15.7. The number of nitrogens with one attached hydrogen (secondary N) is 3. The van der Waals surface area contributed by atoms with Crippen molar-refractivity contribution in [2.45, 2.75) is 49.5 Å². The number of carbonyl (C=O) groups is 1. The molecule has 1 fully saturated rings. The van der Waals surface area contributed by atoms with Crippen molar-refractivity contribution in [1.82, 2.24) is 19.7 Å². The van der Waals surface area contributed by atoms with Crippen molar-refractivity contribution in [2.24, 2.45) is 0 Å². The summed E-state index contributed by atoms with van der Waals surface area (Å²) in [5.74, 6) is 1.53. The Morgan fingerprint density at radius 2 is 1.84 bits per heavy atom. The smallest absolute Gasteiger partial charge is 0.323 e. The van der Waals surface area contributed by atoms with E-state index in [4.69, 9.17) is 14.5 Å². The lowest BCUT2D eigenvalue weighted by atomic mass is 9.92. The van der Waals surface area contributed by atoms with Gasteiger partial charge < -0.3 is 30.1 Å². The van der Waals surface area contributed by atoms with Gasteiger partial charge in [0.05, 0.1) is 19.1 Å².